The fourth-order valence-electron chi connectivity index (χ4n) is 2.92. The van der Waals surface area contributed by atoms with Gasteiger partial charge in [0.15, 0.2) is 11.2 Å². The summed E-state index contributed by atoms with van der Waals surface area (Å²) in [4.78, 5) is 28.5. The van der Waals surface area contributed by atoms with E-state index in [1.807, 2.05) is 53.9 Å². The van der Waals surface area contributed by atoms with Gasteiger partial charge in [-0.05, 0) is 37.1 Å². The van der Waals surface area contributed by atoms with Gasteiger partial charge in [0.2, 0.25) is 5.91 Å². The second-order valence-electron chi connectivity index (χ2n) is 6.53. The third-order valence-electron chi connectivity index (χ3n) is 4.44. The molecule has 2 aromatic carbocycles. The van der Waals surface area contributed by atoms with Gasteiger partial charge in [-0.25, -0.2) is 4.98 Å². The van der Waals surface area contributed by atoms with Crippen molar-refractivity contribution in [2.45, 2.75) is 25.9 Å². The highest BCUT2D eigenvalue weighted by Crippen LogP contribution is 2.34. The molecular weight excluding hydrogens is 374 g/mol. The van der Waals surface area contributed by atoms with Crippen LogP contribution in [0.3, 0.4) is 0 Å². The molecule has 28 heavy (non-hydrogen) atoms. The Morgan fingerprint density at radius 1 is 1.25 bits per heavy atom. The molecule has 0 bridgehead atoms. The second-order valence-corrected chi connectivity index (χ2v) is 7.39. The quantitative estimate of drug-likeness (QED) is 0.684. The highest BCUT2D eigenvalue weighted by molar-refractivity contribution is 7.14. The molecule has 2 N–H and O–H groups in total. The zero-order chi connectivity index (χ0) is 19.5. The molecule has 1 aromatic heterocycles. The molecule has 1 unspecified atom stereocenters. The van der Waals surface area contributed by atoms with Gasteiger partial charge in [-0.2, -0.15) is 0 Å². The number of benzene rings is 2. The van der Waals surface area contributed by atoms with E-state index in [0.717, 1.165) is 16.8 Å². The van der Waals surface area contributed by atoms with Gasteiger partial charge in [0, 0.05) is 17.4 Å². The summed E-state index contributed by atoms with van der Waals surface area (Å²) in [5, 5.41) is 8.12. The lowest BCUT2D eigenvalue weighted by Crippen LogP contribution is -2.34. The van der Waals surface area contributed by atoms with Gasteiger partial charge in [-0.3, -0.25) is 9.59 Å². The average Bonchev–Trinajstić information content (AvgIpc) is 3.16. The van der Waals surface area contributed by atoms with Crippen molar-refractivity contribution < 1.29 is 14.3 Å². The van der Waals surface area contributed by atoms with E-state index in [9.17, 15) is 9.59 Å². The van der Waals surface area contributed by atoms with Crippen LogP contribution in [0.2, 0.25) is 0 Å². The van der Waals surface area contributed by atoms with Crippen LogP contribution in [-0.4, -0.2) is 22.9 Å². The molecule has 0 fully saturated rings. The number of amides is 2. The summed E-state index contributed by atoms with van der Waals surface area (Å²) in [5.74, 6) is 0.402. The molecule has 0 aliphatic carbocycles. The number of hydrogen-bond acceptors (Lipinski definition) is 5. The van der Waals surface area contributed by atoms with Crippen molar-refractivity contribution in [3.63, 3.8) is 0 Å². The van der Waals surface area contributed by atoms with Gasteiger partial charge in [0.1, 0.15) is 5.75 Å². The highest BCUT2D eigenvalue weighted by atomic mass is 32.1. The number of hydrogen-bond donors (Lipinski definition) is 2. The Balaban J connectivity index is 1.41. The first-order valence-electron chi connectivity index (χ1n) is 9.00. The molecule has 1 aliphatic rings. The Labute approximate surface area is 166 Å². The summed E-state index contributed by atoms with van der Waals surface area (Å²) in [7, 11) is 0. The summed E-state index contributed by atoms with van der Waals surface area (Å²) in [5.41, 5.74) is 3.34. The Hall–Kier alpha value is -3.19. The lowest BCUT2D eigenvalue weighted by Gasteiger charge is -2.23. The van der Waals surface area contributed by atoms with Crippen molar-refractivity contribution in [3.8, 4) is 17.0 Å². The van der Waals surface area contributed by atoms with E-state index >= 15 is 0 Å². The van der Waals surface area contributed by atoms with Crippen molar-refractivity contribution in [1.82, 2.24) is 4.98 Å². The molecule has 1 aliphatic heterocycles. The number of fused-ring (bicyclic) bond motifs is 1. The summed E-state index contributed by atoms with van der Waals surface area (Å²) in [6.07, 6.45) is 0.586. The van der Waals surface area contributed by atoms with E-state index in [0.29, 0.717) is 29.4 Å². The van der Waals surface area contributed by atoms with Crippen LogP contribution in [0.15, 0.2) is 53.9 Å². The molecule has 3 aromatic rings. The summed E-state index contributed by atoms with van der Waals surface area (Å²) in [6, 6.07) is 15.4. The fourth-order valence-corrected chi connectivity index (χ4v) is 3.65. The number of nitrogens with one attached hydrogen (secondary N) is 2. The average molecular weight is 393 g/mol. The van der Waals surface area contributed by atoms with Crippen LogP contribution in [0.25, 0.3) is 11.3 Å². The molecule has 2 heterocycles. The third kappa shape index (κ3) is 4.04. The first kappa shape index (κ1) is 18.2. The number of carbonyl (C=O) groups excluding carboxylic acids is 2. The SMILES string of the molecule is CC1Oc2ccc(-c3csc(NC(=O)CCc4ccccc4)n3)cc2NC1=O. The number of thiazole rings is 1. The van der Waals surface area contributed by atoms with E-state index in [-0.39, 0.29) is 11.8 Å². The minimum atomic E-state index is -0.504. The topological polar surface area (TPSA) is 80.3 Å². The minimum Gasteiger partial charge on any atom is -0.479 e. The van der Waals surface area contributed by atoms with Crippen molar-refractivity contribution in [2.75, 3.05) is 10.6 Å². The van der Waals surface area contributed by atoms with E-state index in [1.54, 1.807) is 6.92 Å². The van der Waals surface area contributed by atoms with Crippen molar-refractivity contribution in [1.29, 1.82) is 0 Å². The Morgan fingerprint density at radius 2 is 2.07 bits per heavy atom. The summed E-state index contributed by atoms with van der Waals surface area (Å²) < 4.78 is 5.57. The molecule has 4 rings (SSSR count). The predicted octanol–water partition coefficient (Wildman–Crippen LogP) is 4.10. The van der Waals surface area contributed by atoms with E-state index in [4.69, 9.17) is 4.74 Å². The molecule has 2 amide bonds. The number of rotatable bonds is 5. The Morgan fingerprint density at radius 3 is 2.89 bits per heavy atom. The van der Waals surface area contributed by atoms with Gasteiger partial charge in [-0.1, -0.05) is 30.3 Å². The minimum absolute atomic E-state index is 0.0650. The normalized spacial score (nSPS) is 15.3. The number of carbonyl (C=O) groups is 2. The highest BCUT2D eigenvalue weighted by Gasteiger charge is 2.23. The van der Waals surface area contributed by atoms with E-state index < -0.39 is 6.10 Å². The number of ether oxygens (including phenoxy) is 1. The molecule has 6 nitrogen and oxygen atoms in total. The molecule has 1 atom stereocenters. The third-order valence-corrected chi connectivity index (χ3v) is 5.20. The van der Waals surface area contributed by atoms with Crippen LogP contribution < -0.4 is 15.4 Å². The molecular formula is C21H19N3O3S. The van der Waals surface area contributed by atoms with E-state index in [2.05, 4.69) is 15.6 Å². The molecule has 0 saturated heterocycles. The van der Waals surface area contributed by atoms with Crippen LogP contribution in [-0.2, 0) is 16.0 Å². The van der Waals surface area contributed by atoms with E-state index in [1.165, 1.54) is 11.3 Å². The number of nitrogens with zero attached hydrogens (tertiary/aromatic N) is 1. The monoisotopic (exact) mass is 393 g/mol. The van der Waals surface area contributed by atoms with Crippen LogP contribution in [0.1, 0.15) is 18.9 Å². The van der Waals surface area contributed by atoms with Crippen molar-refractivity contribution in [2.24, 2.45) is 0 Å². The maximum atomic E-state index is 12.2. The maximum absolute atomic E-state index is 12.2. The molecule has 0 spiro atoms. The lowest BCUT2D eigenvalue weighted by molar-refractivity contribution is -0.122. The van der Waals surface area contributed by atoms with Gasteiger partial charge >= 0.3 is 0 Å². The lowest BCUT2D eigenvalue weighted by atomic mass is 10.1. The Kier molecular flexibility index (Phi) is 5.08. The second kappa shape index (κ2) is 7.82. The van der Waals surface area contributed by atoms with Crippen molar-refractivity contribution >= 4 is 34.0 Å². The molecule has 0 saturated carbocycles. The van der Waals surface area contributed by atoms with Gasteiger partial charge in [-0.15, -0.1) is 11.3 Å². The van der Waals surface area contributed by atoms with Crippen LogP contribution >= 0.6 is 11.3 Å². The molecule has 0 radical (unpaired) electrons. The number of aromatic nitrogens is 1. The molecule has 7 heteroatoms. The van der Waals surface area contributed by atoms with Gasteiger partial charge in [0.05, 0.1) is 11.4 Å². The zero-order valence-electron chi connectivity index (χ0n) is 15.3. The van der Waals surface area contributed by atoms with Crippen LogP contribution in [0.5, 0.6) is 5.75 Å². The largest absolute Gasteiger partial charge is 0.479 e. The zero-order valence-corrected chi connectivity index (χ0v) is 16.1. The van der Waals surface area contributed by atoms with Crippen molar-refractivity contribution in [3.05, 3.63) is 59.5 Å². The predicted molar refractivity (Wildman–Crippen MR) is 110 cm³/mol. The number of anilines is 2. The van der Waals surface area contributed by atoms with Crippen LogP contribution in [0.4, 0.5) is 10.8 Å². The summed E-state index contributed by atoms with van der Waals surface area (Å²) >= 11 is 1.37. The standard InChI is InChI=1S/C21H19N3O3S/c1-13-20(26)22-16-11-15(8-9-18(16)27-13)17-12-28-21(23-17)24-19(25)10-7-14-5-3-2-4-6-14/h2-6,8-9,11-13H,7,10H2,1H3,(H,22,26)(H,23,24,25). The Bertz CT molecular complexity index is 1020. The first-order chi connectivity index (χ1) is 13.6. The van der Waals surface area contributed by atoms with Crippen LogP contribution in [0, 0.1) is 0 Å². The fraction of sp³-hybridized carbons (Fsp3) is 0.190. The van der Waals surface area contributed by atoms with Gasteiger partial charge in [0.25, 0.3) is 5.91 Å². The smallest absolute Gasteiger partial charge is 0.265 e. The maximum Gasteiger partial charge on any atom is 0.265 e. The first-order valence-corrected chi connectivity index (χ1v) is 9.88. The number of aryl methyl sites for hydroxylation is 1. The van der Waals surface area contributed by atoms with Gasteiger partial charge < -0.3 is 15.4 Å². The summed E-state index contributed by atoms with van der Waals surface area (Å²) in [6.45, 7) is 1.71. The molecule has 142 valence electrons.